The number of fused-ring (bicyclic) bond motifs is 1. The van der Waals surface area contributed by atoms with Gasteiger partial charge in [0.15, 0.2) is 18.1 Å². The quantitative estimate of drug-likeness (QED) is 0.791. The Labute approximate surface area is 140 Å². The molecule has 126 valence electrons. The fourth-order valence-electron chi connectivity index (χ4n) is 2.31. The van der Waals surface area contributed by atoms with Gasteiger partial charge in [-0.25, -0.2) is 0 Å². The SMILES string of the molecule is CCOc1ccccc1OCCOc1ccc2c(c1)NC(=O)CO2. The van der Waals surface area contributed by atoms with Crippen LogP contribution in [0.1, 0.15) is 6.92 Å². The Morgan fingerprint density at radius 1 is 1.04 bits per heavy atom. The van der Waals surface area contributed by atoms with Gasteiger partial charge in [0.1, 0.15) is 24.7 Å². The van der Waals surface area contributed by atoms with Crippen molar-refractivity contribution >= 4 is 11.6 Å². The molecular formula is C18H19NO5. The highest BCUT2D eigenvalue weighted by molar-refractivity contribution is 5.95. The highest BCUT2D eigenvalue weighted by Crippen LogP contribution is 2.31. The molecule has 2 aromatic carbocycles. The third kappa shape index (κ3) is 3.90. The van der Waals surface area contributed by atoms with Crippen molar-refractivity contribution in [1.29, 1.82) is 0 Å². The Kier molecular flexibility index (Phi) is 5.05. The van der Waals surface area contributed by atoms with Crippen molar-refractivity contribution in [3.63, 3.8) is 0 Å². The number of hydrogen-bond donors (Lipinski definition) is 1. The van der Waals surface area contributed by atoms with Crippen molar-refractivity contribution in [2.24, 2.45) is 0 Å². The number of para-hydroxylation sites is 2. The second-order valence-electron chi connectivity index (χ2n) is 5.07. The maximum atomic E-state index is 11.3. The molecule has 0 bridgehead atoms. The van der Waals surface area contributed by atoms with E-state index >= 15 is 0 Å². The van der Waals surface area contributed by atoms with E-state index < -0.39 is 0 Å². The van der Waals surface area contributed by atoms with Crippen LogP contribution in [0.5, 0.6) is 23.0 Å². The van der Waals surface area contributed by atoms with Gasteiger partial charge in [-0.05, 0) is 31.2 Å². The van der Waals surface area contributed by atoms with Gasteiger partial charge in [-0.3, -0.25) is 4.79 Å². The van der Waals surface area contributed by atoms with Crippen LogP contribution in [0, 0.1) is 0 Å². The monoisotopic (exact) mass is 329 g/mol. The van der Waals surface area contributed by atoms with Crippen LogP contribution in [-0.4, -0.2) is 32.3 Å². The lowest BCUT2D eigenvalue weighted by Gasteiger charge is -2.18. The number of ether oxygens (including phenoxy) is 4. The summed E-state index contributed by atoms with van der Waals surface area (Å²) in [7, 11) is 0. The molecule has 24 heavy (non-hydrogen) atoms. The average molecular weight is 329 g/mol. The summed E-state index contributed by atoms with van der Waals surface area (Å²) in [6, 6.07) is 12.8. The molecule has 6 heteroatoms. The van der Waals surface area contributed by atoms with Crippen LogP contribution in [0.4, 0.5) is 5.69 Å². The first kappa shape index (κ1) is 16.0. The van der Waals surface area contributed by atoms with E-state index in [0.717, 1.165) is 0 Å². The van der Waals surface area contributed by atoms with E-state index in [1.54, 1.807) is 18.2 Å². The van der Waals surface area contributed by atoms with Crippen LogP contribution in [0.25, 0.3) is 0 Å². The number of hydrogen-bond acceptors (Lipinski definition) is 5. The highest BCUT2D eigenvalue weighted by Gasteiger charge is 2.16. The third-order valence-corrected chi connectivity index (χ3v) is 3.34. The number of anilines is 1. The molecule has 0 unspecified atom stereocenters. The van der Waals surface area contributed by atoms with E-state index in [0.29, 0.717) is 48.5 Å². The topological polar surface area (TPSA) is 66.0 Å². The normalized spacial score (nSPS) is 12.6. The summed E-state index contributed by atoms with van der Waals surface area (Å²) in [6.07, 6.45) is 0. The van der Waals surface area contributed by atoms with Gasteiger partial charge in [-0.2, -0.15) is 0 Å². The first-order chi connectivity index (χ1) is 11.8. The zero-order valence-corrected chi connectivity index (χ0v) is 13.4. The maximum Gasteiger partial charge on any atom is 0.262 e. The minimum atomic E-state index is -0.171. The van der Waals surface area contributed by atoms with Gasteiger partial charge in [0, 0.05) is 6.07 Å². The van der Waals surface area contributed by atoms with Crippen molar-refractivity contribution in [1.82, 2.24) is 0 Å². The molecule has 2 aromatic rings. The minimum absolute atomic E-state index is 0.0419. The van der Waals surface area contributed by atoms with Crippen LogP contribution in [-0.2, 0) is 4.79 Å². The van der Waals surface area contributed by atoms with E-state index in [1.807, 2.05) is 31.2 Å². The summed E-state index contributed by atoms with van der Waals surface area (Å²) in [5, 5.41) is 2.75. The number of rotatable bonds is 7. The molecule has 1 heterocycles. The molecule has 0 spiro atoms. The average Bonchev–Trinajstić information content (AvgIpc) is 2.60. The summed E-state index contributed by atoms with van der Waals surface area (Å²) >= 11 is 0. The standard InChI is InChI=1S/C18H19NO5/c1-2-21-16-5-3-4-6-17(16)23-10-9-22-13-7-8-15-14(11-13)19-18(20)12-24-15/h3-8,11H,2,9-10,12H2,1H3,(H,19,20). The summed E-state index contributed by atoms with van der Waals surface area (Å²) in [4.78, 5) is 11.3. The molecule has 1 amide bonds. The molecule has 0 saturated heterocycles. The first-order valence-corrected chi connectivity index (χ1v) is 7.80. The van der Waals surface area contributed by atoms with E-state index in [-0.39, 0.29) is 12.5 Å². The zero-order valence-electron chi connectivity index (χ0n) is 13.4. The number of nitrogens with one attached hydrogen (secondary N) is 1. The number of benzene rings is 2. The van der Waals surface area contributed by atoms with Crippen molar-refractivity contribution in [3.8, 4) is 23.0 Å². The van der Waals surface area contributed by atoms with Gasteiger partial charge < -0.3 is 24.3 Å². The van der Waals surface area contributed by atoms with Gasteiger partial charge in [0.05, 0.1) is 12.3 Å². The minimum Gasteiger partial charge on any atom is -0.490 e. The molecular weight excluding hydrogens is 310 g/mol. The van der Waals surface area contributed by atoms with Crippen LogP contribution in [0.2, 0.25) is 0 Å². The molecule has 0 fully saturated rings. The molecule has 3 rings (SSSR count). The lowest BCUT2D eigenvalue weighted by Crippen LogP contribution is -2.25. The van der Waals surface area contributed by atoms with Crippen LogP contribution >= 0.6 is 0 Å². The Balaban J connectivity index is 1.52. The lowest BCUT2D eigenvalue weighted by molar-refractivity contribution is -0.118. The summed E-state index contributed by atoms with van der Waals surface area (Å²) in [5.41, 5.74) is 0.617. The Bertz CT molecular complexity index is 716. The first-order valence-electron chi connectivity index (χ1n) is 7.80. The van der Waals surface area contributed by atoms with Gasteiger partial charge in [-0.15, -0.1) is 0 Å². The molecule has 0 saturated carbocycles. The van der Waals surface area contributed by atoms with Crippen LogP contribution < -0.4 is 24.3 Å². The predicted octanol–water partition coefficient (Wildman–Crippen LogP) is 2.87. The van der Waals surface area contributed by atoms with E-state index in [1.165, 1.54) is 0 Å². The largest absolute Gasteiger partial charge is 0.490 e. The molecule has 0 radical (unpaired) electrons. The smallest absolute Gasteiger partial charge is 0.262 e. The maximum absolute atomic E-state index is 11.3. The van der Waals surface area contributed by atoms with Crippen molar-refractivity contribution in [2.75, 3.05) is 31.7 Å². The predicted molar refractivity (Wildman–Crippen MR) is 89.2 cm³/mol. The van der Waals surface area contributed by atoms with Crippen LogP contribution in [0.3, 0.4) is 0 Å². The van der Waals surface area contributed by atoms with E-state index in [2.05, 4.69) is 5.32 Å². The Hall–Kier alpha value is -2.89. The molecule has 1 N–H and O–H groups in total. The van der Waals surface area contributed by atoms with Crippen LogP contribution in [0.15, 0.2) is 42.5 Å². The second kappa shape index (κ2) is 7.59. The molecule has 0 aliphatic carbocycles. The molecule has 1 aliphatic heterocycles. The Morgan fingerprint density at radius 2 is 1.79 bits per heavy atom. The number of amides is 1. The number of carbonyl (C=O) groups excluding carboxylic acids is 1. The summed E-state index contributed by atoms with van der Waals surface area (Å²) in [6.45, 7) is 3.30. The van der Waals surface area contributed by atoms with Crippen molar-refractivity contribution < 1.29 is 23.7 Å². The van der Waals surface area contributed by atoms with Crippen molar-refractivity contribution in [3.05, 3.63) is 42.5 Å². The lowest BCUT2D eigenvalue weighted by atomic mass is 10.2. The Morgan fingerprint density at radius 3 is 2.58 bits per heavy atom. The van der Waals surface area contributed by atoms with E-state index in [4.69, 9.17) is 18.9 Å². The van der Waals surface area contributed by atoms with E-state index in [9.17, 15) is 4.79 Å². The fourth-order valence-corrected chi connectivity index (χ4v) is 2.31. The zero-order chi connectivity index (χ0) is 16.8. The van der Waals surface area contributed by atoms with Gasteiger partial charge in [-0.1, -0.05) is 12.1 Å². The molecule has 0 aromatic heterocycles. The van der Waals surface area contributed by atoms with Crippen molar-refractivity contribution in [2.45, 2.75) is 6.92 Å². The number of carbonyl (C=O) groups is 1. The third-order valence-electron chi connectivity index (χ3n) is 3.34. The van der Waals surface area contributed by atoms with Gasteiger partial charge >= 0.3 is 0 Å². The molecule has 1 aliphatic rings. The fraction of sp³-hybridized carbons (Fsp3) is 0.278. The molecule has 6 nitrogen and oxygen atoms in total. The summed E-state index contributed by atoms with van der Waals surface area (Å²) < 4.78 is 22.2. The highest BCUT2D eigenvalue weighted by atomic mass is 16.5. The molecule has 0 atom stereocenters. The van der Waals surface area contributed by atoms with Gasteiger partial charge in [0.25, 0.3) is 5.91 Å². The van der Waals surface area contributed by atoms with Gasteiger partial charge in [0.2, 0.25) is 0 Å². The summed E-state index contributed by atoms with van der Waals surface area (Å²) in [5.74, 6) is 2.52. The second-order valence-corrected chi connectivity index (χ2v) is 5.07.